The largest absolute Gasteiger partial charge is 0.393 e. The first-order chi connectivity index (χ1) is 5.59. The van der Waals surface area contributed by atoms with Gasteiger partial charge in [-0.3, -0.25) is 4.79 Å². The molecule has 0 saturated heterocycles. The molecule has 1 saturated carbocycles. The van der Waals surface area contributed by atoms with Gasteiger partial charge in [0.25, 0.3) is 0 Å². The summed E-state index contributed by atoms with van der Waals surface area (Å²) in [6.07, 6.45) is 1.99. The highest BCUT2D eigenvalue weighted by Crippen LogP contribution is 2.25. The Morgan fingerprint density at radius 1 is 1.50 bits per heavy atom. The SMILES string of the molecule is CC(C)NC(=O)C1CCC(O)C1. The van der Waals surface area contributed by atoms with E-state index in [4.69, 9.17) is 0 Å². The minimum atomic E-state index is -0.257. The predicted octanol–water partition coefficient (Wildman–Crippen LogP) is 0.672. The number of amides is 1. The third-order valence-electron chi connectivity index (χ3n) is 2.21. The lowest BCUT2D eigenvalue weighted by Gasteiger charge is -2.12. The van der Waals surface area contributed by atoms with Crippen LogP contribution >= 0.6 is 0 Å². The Morgan fingerprint density at radius 2 is 2.17 bits per heavy atom. The third-order valence-corrected chi connectivity index (χ3v) is 2.21. The molecule has 2 atom stereocenters. The number of aliphatic hydroxyl groups is 1. The Labute approximate surface area is 73.2 Å². The molecule has 0 aromatic carbocycles. The highest BCUT2D eigenvalue weighted by atomic mass is 16.3. The molecule has 2 unspecified atom stereocenters. The van der Waals surface area contributed by atoms with E-state index < -0.39 is 0 Å². The molecule has 0 aliphatic heterocycles. The number of nitrogens with one attached hydrogen (secondary N) is 1. The van der Waals surface area contributed by atoms with Crippen LogP contribution in [0.1, 0.15) is 33.1 Å². The van der Waals surface area contributed by atoms with Gasteiger partial charge in [-0.15, -0.1) is 0 Å². The van der Waals surface area contributed by atoms with Gasteiger partial charge in [0.05, 0.1) is 6.10 Å². The van der Waals surface area contributed by atoms with Gasteiger partial charge in [0, 0.05) is 12.0 Å². The first kappa shape index (κ1) is 9.52. The zero-order valence-electron chi connectivity index (χ0n) is 7.71. The Hall–Kier alpha value is -0.570. The van der Waals surface area contributed by atoms with Crippen molar-refractivity contribution in [3.05, 3.63) is 0 Å². The topological polar surface area (TPSA) is 49.3 Å². The summed E-state index contributed by atoms with van der Waals surface area (Å²) >= 11 is 0. The number of hydrogen-bond donors (Lipinski definition) is 2. The monoisotopic (exact) mass is 171 g/mol. The van der Waals surface area contributed by atoms with E-state index in [-0.39, 0.29) is 24.0 Å². The van der Waals surface area contributed by atoms with Gasteiger partial charge in [-0.25, -0.2) is 0 Å². The second kappa shape index (κ2) is 3.90. The molecule has 1 aliphatic rings. The van der Waals surface area contributed by atoms with Crippen molar-refractivity contribution in [3.63, 3.8) is 0 Å². The third kappa shape index (κ3) is 2.48. The van der Waals surface area contributed by atoms with E-state index in [0.717, 1.165) is 12.8 Å². The number of carbonyl (C=O) groups is 1. The van der Waals surface area contributed by atoms with Gasteiger partial charge in [0.2, 0.25) is 5.91 Å². The summed E-state index contributed by atoms with van der Waals surface area (Å²) in [7, 11) is 0. The summed E-state index contributed by atoms with van der Waals surface area (Å²) in [5.74, 6) is 0.143. The van der Waals surface area contributed by atoms with E-state index in [2.05, 4.69) is 5.32 Å². The first-order valence-corrected chi connectivity index (χ1v) is 4.58. The first-order valence-electron chi connectivity index (χ1n) is 4.58. The molecule has 3 nitrogen and oxygen atoms in total. The predicted molar refractivity (Wildman–Crippen MR) is 46.6 cm³/mol. The Bertz CT molecular complexity index is 168. The fraction of sp³-hybridized carbons (Fsp3) is 0.889. The van der Waals surface area contributed by atoms with Gasteiger partial charge < -0.3 is 10.4 Å². The molecule has 0 aromatic rings. The van der Waals surface area contributed by atoms with Gasteiger partial charge in [-0.1, -0.05) is 0 Å². The second-order valence-corrected chi connectivity index (χ2v) is 3.83. The molecule has 0 heterocycles. The minimum Gasteiger partial charge on any atom is -0.393 e. The van der Waals surface area contributed by atoms with Gasteiger partial charge in [0.1, 0.15) is 0 Å². The Kier molecular flexibility index (Phi) is 3.09. The second-order valence-electron chi connectivity index (χ2n) is 3.83. The van der Waals surface area contributed by atoms with E-state index in [1.165, 1.54) is 0 Å². The van der Waals surface area contributed by atoms with Crippen molar-refractivity contribution in [3.8, 4) is 0 Å². The van der Waals surface area contributed by atoms with Crippen molar-refractivity contribution in [1.82, 2.24) is 5.32 Å². The van der Waals surface area contributed by atoms with Crippen molar-refractivity contribution >= 4 is 5.91 Å². The van der Waals surface area contributed by atoms with Gasteiger partial charge in [0.15, 0.2) is 0 Å². The smallest absolute Gasteiger partial charge is 0.223 e. The molecule has 0 spiro atoms. The van der Waals surface area contributed by atoms with Crippen LogP contribution in [0.15, 0.2) is 0 Å². The maximum Gasteiger partial charge on any atom is 0.223 e. The average molecular weight is 171 g/mol. The van der Waals surface area contributed by atoms with Crippen LogP contribution in [-0.2, 0) is 4.79 Å². The van der Waals surface area contributed by atoms with Gasteiger partial charge in [-0.2, -0.15) is 0 Å². The van der Waals surface area contributed by atoms with Gasteiger partial charge >= 0.3 is 0 Å². The Balaban J connectivity index is 2.33. The highest BCUT2D eigenvalue weighted by Gasteiger charge is 2.28. The number of aliphatic hydroxyl groups excluding tert-OH is 1. The van der Waals surface area contributed by atoms with Crippen molar-refractivity contribution in [1.29, 1.82) is 0 Å². The molecule has 0 aromatic heterocycles. The van der Waals surface area contributed by atoms with E-state index in [9.17, 15) is 9.90 Å². The average Bonchev–Trinajstić information content (AvgIpc) is 2.34. The molecular weight excluding hydrogens is 154 g/mol. The van der Waals surface area contributed by atoms with Crippen LogP contribution in [0.2, 0.25) is 0 Å². The molecule has 0 radical (unpaired) electrons. The molecular formula is C9H17NO2. The molecule has 1 aliphatic carbocycles. The molecule has 70 valence electrons. The fourth-order valence-corrected chi connectivity index (χ4v) is 1.60. The van der Waals surface area contributed by atoms with Crippen LogP contribution in [-0.4, -0.2) is 23.2 Å². The molecule has 12 heavy (non-hydrogen) atoms. The molecule has 1 fully saturated rings. The molecule has 3 heteroatoms. The van der Waals surface area contributed by atoms with Crippen molar-refractivity contribution in [2.24, 2.45) is 5.92 Å². The molecule has 0 bridgehead atoms. The van der Waals surface area contributed by atoms with Crippen LogP contribution in [0.5, 0.6) is 0 Å². The van der Waals surface area contributed by atoms with E-state index in [1.54, 1.807) is 0 Å². The zero-order chi connectivity index (χ0) is 9.14. The lowest BCUT2D eigenvalue weighted by atomic mass is 10.1. The zero-order valence-corrected chi connectivity index (χ0v) is 7.71. The molecule has 2 N–H and O–H groups in total. The quantitative estimate of drug-likeness (QED) is 0.641. The maximum atomic E-state index is 11.4. The summed E-state index contributed by atoms with van der Waals surface area (Å²) < 4.78 is 0. The summed E-state index contributed by atoms with van der Waals surface area (Å²) in [5.41, 5.74) is 0. The van der Waals surface area contributed by atoms with Crippen LogP contribution in [0.25, 0.3) is 0 Å². The normalized spacial score (nSPS) is 29.3. The number of hydrogen-bond acceptors (Lipinski definition) is 2. The molecule has 1 rings (SSSR count). The van der Waals surface area contributed by atoms with Crippen LogP contribution in [0.4, 0.5) is 0 Å². The summed E-state index contributed by atoms with van der Waals surface area (Å²) in [6.45, 7) is 3.90. The minimum absolute atomic E-state index is 0.0439. The van der Waals surface area contributed by atoms with E-state index in [1.807, 2.05) is 13.8 Å². The number of rotatable bonds is 2. The summed E-state index contributed by atoms with van der Waals surface area (Å²) in [6, 6.07) is 0.204. The van der Waals surface area contributed by atoms with Gasteiger partial charge in [-0.05, 0) is 33.1 Å². The van der Waals surface area contributed by atoms with Crippen molar-refractivity contribution in [2.45, 2.75) is 45.3 Å². The summed E-state index contributed by atoms with van der Waals surface area (Å²) in [5, 5.41) is 12.1. The van der Waals surface area contributed by atoms with Crippen molar-refractivity contribution < 1.29 is 9.90 Å². The van der Waals surface area contributed by atoms with Crippen LogP contribution in [0.3, 0.4) is 0 Å². The van der Waals surface area contributed by atoms with Crippen LogP contribution < -0.4 is 5.32 Å². The summed E-state index contributed by atoms with van der Waals surface area (Å²) in [4.78, 5) is 11.4. The maximum absolute atomic E-state index is 11.4. The number of carbonyl (C=O) groups excluding carboxylic acids is 1. The lowest BCUT2D eigenvalue weighted by Crippen LogP contribution is -2.34. The Morgan fingerprint density at radius 3 is 2.58 bits per heavy atom. The van der Waals surface area contributed by atoms with Crippen molar-refractivity contribution in [2.75, 3.05) is 0 Å². The van der Waals surface area contributed by atoms with E-state index in [0.29, 0.717) is 6.42 Å². The standard InChI is InChI=1S/C9H17NO2/c1-6(2)10-9(12)7-3-4-8(11)5-7/h6-8,11H,3-5H2,1-2H3,(H,10,12). The highest BCUT2D eigenvalue weighted by molar-refractivity contribution is 5.79. The van der Waals surface area contributed by atoms with E-state index >= 15 is 0 Å². The van der Waals surface area contributed by atoms with Crippen LogP contribution in [0, 0.1) is 5.92 Å². The fourth-order valence-electron chi connectivity index (χ4n) is 1.60. The lowest BCUT2D eigenvalue weighted by molar-refractivity contribution is -0.125. The molecule has 1 amide bonds.